The number of halogens is 2. The zero-order valence-corrected chi connectivity index (χ0v) is 16.7. The first kappa shape index (κ1) is 21.2. The molecule has 0 radical (unpaired) electrons. The number of likely N-dealkylation sites (N-methyl/N-ethyl adjacent to an activating group) is 1. The third kappa shape index (κ3) is 3.70. The molecule has 9 heteroatoms. The zero-order chi connectivity index (χ0) is 21.9. The lowest BCUT2D eigenvalue weighted by atomic mass is 9.83. The summed E-state index contributed by atoms with van der Waals surface area (Å²) in [6, 6.07) is 7.14. The number of hydrogen-bond donors (Lipinski definition) is 1. The molecule has 0 bridgehead atoms. The minimum Gasteiger partial charge on any atom is -0.369 e. The van der Waals surface area contributed by atoms with Gasteiger partial charge in [-0.1, -0.05) is 36.9 Å². The van der Waals surface area contributed by atoms with Crippen LogP contribution in [0, 0.1) is 0 Å². The largest absolute Gasteiger partial charge is 0.369 e. The molecule has 30 heavy (non-hydrogen) atoms. The highest BCUT2D eigenvalue weighted by Crippen LogP contribution is 2.41. The Morgan fingerprint density at radius 1 is 1.47 bits per heavy atom. The van der Waals surface area contributed by atoms with Crippen molar-refractivity contribution < 1.29 is 13.6 Å². The maximum Gasteiger partial charge on any atom is 0.276 e. The average Bonchev–Trinajstić information content (AvgIpc) is 2.99. The molecule has 7 nitrogen and oxygen atoms in total. The van der Waals surface area contributed by atoms with E-state index < -0.39 is 23.6 Å². The van der Waals surface area contributed by atoms with E-state index in [1.54, 1.807) is 24.4 Å². The van der Waals surface area contributed by atoms with Crippen LogP contribution >= 0.6 is 0 Å². The van der Waals surface area contributed by atoms with Crippen molar-refractivity contribution in [2.45, 2.75) is 24.8 Å². The van der Waals surface area contributed by atoms with Crippen LogP contribution in [0.25, 0.3) is 0 Å². The number of rotatable bonds is 6. The fraction of sp³-hybridized carbons (Fsp3) is 0.286. The van der Waals surface area contributed by atoms with E-state index in [-0.39, 0.29) is 17.6 Å². The summed E-state index contributed by atoms with van der Waals surface area (Å²) in [6.07, 6.45) is 3.24. The quantitative estimate of drug-likeness (QED) is 0.574. The Labute approximate surface area is 173 Å². The number of guanidine groups is 1. The molecule has 2 unspecified atom stereocenters. The summed E-state index contributed by atoms with van der Waals surface area (Å²) in [6.45, 7) is 5.34. The third-order valence-electron chi connectivity index (χ3n) is 4.95. The number of allylic oxidation sites excluding steroid dienone is 2. The van der Waals surface area contributed by atoms with E-state index in [1.165, 1.54) is 37.4 Å². The number of benzene rings is 1. The third-order valence-corrected chi connectivity index (χ3v) is 4.95. The Morgan fingerprint density at radius 3 is 2.80 bits per heavy atom. The number of aliphatic imine (C=N–C) groups is 4. The minimum atomic E-state index is -2.78. The van der Waals surface area contributed by atoms with Gasteiger partial charge in [0.05, 0.1) is 18.0 Å². The second kappa shape index (κ2) is 8.48. The molecule has 1 amide bonds. The SMILES string of the molecule is C=C/C=C(\N=C(/C)C(F)F)C1(c2cccc(C3C=NC=NC3)c2)N=C(N)N(C)C1=O. The van der Waals surface area contributed by atoms with Crippen LogP contribution in [0.1, 0.15) is 24.0 Å². The number of carbonyl (C=O) groups is 1. The molecule has 0 aliphatic carbocycles. The molecular weight excluding hydrogens is 390 g/mol. The molecule has 2 aliphatic rings. The zero-order valence-electron chi connectivity index (χ0n) is 16.7. The molecule has 156 valence electrons. The van der Waals surface area contributed by atoms with Crippen LogP contribution < -0.4 is 5.73 Å². The van der Waals surface area contributed by atoms with Crippen molar-refractivity contribution in [3.63, 3.8) is 0 Å². The molecule has 3 rings (SSSR count). The molecule has 1 aromatic rings. The molecule has 0 saturated carbocycles. The van der Waals surface area contributed by atoms with Crippen molar-refractivity contribution in [2.24, 2.45) is 25.7 Å². The first-order valence-corrected chi connectivity index (χ1v) is 9.23. The first-order valence-electron chi connectivity index (χ1n) is 9.23. The van der Waals surface area contributed by atoms with Gasteiger partial charge in [0.25, 0.3) is 12.3 Å². The Bertz CT molecular complexity index is 1010. The lowest BCUT2D eigenvalue weighted by Gasteiger charge is -2.27. The highest BCUT2D eigenvalue weighted by molar-refractivity contribution is 6.09. The molecule has 2 atom stereocenters. The molecule has 0 spiro atoms. The molecule has 2 aliphatic heterocycles. The topological polar surface area (TPSA) is 95.8 Å². The summed E-state index contributed by atoms with van der Waals surface area (Å²) in [7, 11) is 1.48. The van der Waals surface area contributed by atoms with Crippen molar-refractivity contribution >= 4 is 30.1 Å². The molecule has 1 aromatic carbocycles. The summed E-state index contributed by atoms with van der Waals surface area (Å²) in [4.78, 5) is 31.2. The Morgan fingerprint density at radius 2 is 2.23 bits per heavy atom. The Hall–Kier alpha value is -3.49. The predicted octanol–water partition coefficient (Wildman–Crippen LogP) is 2.66. The number of hydrogen-bond acceptors (Lipinski definition) is 6. The van der Waals surface area contributed by atoms with Crippen LogP contribution in [0.15, 0.2) is 68.7 Å². The maximum atomic E-state index is 13.3. The summed E-state index contributed by atoms with van der Waals surface area (Å²) < 4.78 is 26.5. The Balaban J connectivity index is 2.22. The average molecular weight is 412 g/mol. The first-order chi connectivity index (χ1) is 14.3. The van der Waals surface area contributed by atoms with Gasteiger partial charge in [-0.3, -0.25) is 19.7 Å². The number of nitrogens with zero attached hydrogens (tertiary/aromatic N) is 5. The fourth-order valence-electron chi connectivity index (χ4n) is 3.32. The molecule has 0 aromatic heterocycles. The van der Waals surface area contributed by atoms with Gasteiger partial charge in [0, 0.05) is 19.2 Å². The van der Waals surface area contributed by atoms with E-state index in [2.05, 4.69) is 26.5 Å². The highest BCUT2D eigenvalue weighted by atomic mass is 19.3. The van der Waals surface area contributed by atoms with E-state index in [9.17, 15) is 13.6 Å². The number of alkyl halides is 2. The fourth-order valence-corrected chi connectivity index (χ4v) is 3.32. The van der Waals surface area contributed by atoms with E-state index in [1.807, 2.05) is 6.07 Å². The van der Waals surface area contributed by atoms with Crippen LogP contribution in [0.4, 0.5) is 8.78 Å². The lowest BCUT2D eigenvalue weighted by molar-refractivity contribution is -0.129. The van der Waals surface area contributed by atoms with Gasteiger partial charge >= 0.3 is 0 Å². The van der Waals surface area contributed by atoms with E-state index in [4.69, 9.17) is 5.73 Å². The standard InChI is InChI=1S/C21H22F2N6O/c1-4-6-17(27-13(2)18(22)23)21(19(30)29(3)20(24)28-21)16-8-5-7-14(9-16)15-10-25-12-26-11-15/h4-10,12,15,18H,1,11H2,2-3H3,(H2,24,28)/b17-6-,27-13+. The van der Waals surface area contributed by atoms with Crippen LogP contribution in [0.3, 0.4) is 0 Å². The van der Waals surface area contributed by atoms with Gasteiger partial charge < -0.3 is 5.73 Å². The molecule has 0 fully saturated rings. The van der Waals surface area contributed by atoms with Gasteiger partial charge in [0.15, 0.2) is 5.96 Å². The molecule has 0 saturated heterocycles. The van der Waals surface area contributed by atoms with Crippen molar-refractivity contribution in [1.82, 2.24) is 4.90 Å². The molecule has 2 heterocycles. The van der Waals surface area contributed by atoms with Crippen LogP contribution in [0.5, 0.6) is 0 Å². The van der Waals surface area contributed by atoms with Crippen molar-refractivity contribution in [2.75, 3.05) is 13.6 Å². The highest BCUT2D eigenvalue weighted by Gasteiger charge is 2.51. The second-order valence-corrected chi connectivity index (χ2v) is 6.90. The summed E-state index contributed by atoms with van der Waals surface area (Å²) >= 11 is 0. The van der Waals surface area contributed by atoms with Gasteiger partial charge in [-0.05, 0) is 24.1 Å². The smallest absolute Gasteiger partial charge is 0.276 e. The van der Waals surface area contributed by atoms with Gasteiger partial charge in [-0.15, -0.1) is 0 Å². The van der Waals surface area contributed by atoms with Gasteiger partial charge in [0.2, 0.25) is 5.54 Å². The summed E-state index contributed by atoms with van der Waals surface area (Å²) in [5.41, 5.74) is 5.14. The molecular formula is C21H22F2N6O. The Kier molecular flexibility index (Phi) is 6.00. The monoisotopic (exact) mass is 412 g/mol. The minimum absolute atomic E-state index is 0.0140. The number of carbonyl (C=O) groups excluding carboxylic acids is 1. The summed E-state index contributed by atoms with van der Waals surface area (Å²) in [5, 5.41) is 0. The van der Waals surface area contributed by atoms with Gasteiger partial charge in [-0.2, -0.15) is 0 Å². The maximum absolute atomic E-state index is 13.3. The lowest BCUT2D eigenvalue weighted by Crippen LogP contribution is -2.41. The van der Waals surface area contributed by atoms with E-state index >= 15 is 0 Å². The van der Waals surface area contributed by atoms with Gasteiger partial charge in [-0.25, -0.2) is 18.8 Å². The molecule has 2 N–H and O–H groups in total. The van der Waals surface area contributed by atoms with Crippen molar-refractivity contribution in [1.29, 1.82) is 0 Å². The normalized spacial score (nSPS) is 24.6. The summed E-state index contributed by atoms with van der Waals surface area (Å²) in [5.74, 6) is -0.610. The van der Waals surface area contributed by atoms with E-state index in [0.717, 1.165) is 5.56 Å². The van der Waals surface area contributed by atoms with Crippen LogP contribution in [0.2, 0.25) is 0 Å². The van der Waals surface area contributed by atoms with Crippen LogP contribution in [-0.2, 0) is 10.3 Å². The van der Waals surface area contributed by atoms with E-state index in [0.29, 0.717) is 12.1 Å². The van der Waals surface area contributed by atoms with Crippen LogP contribution in [-0.4, -0.2) is 55.0 Å². The van der Waals surface area contributed by atoms with Gasteiger partial charge in [0.1, 0.15) is 6.34 Å². The number of nitrogens with two attached hydrogens (primary N) is 1. The van der Waals surface area contributed by atoms with Crippen molar-refractivity contribution in [3.8, 4) is 0 Å². The van der Waals surface area contributed by atoms with Crippen molar-refractivity contribution in [3.05, 3.63) is 59.8 Å². The second-order valence-electron chi connectivity index (χ2n) is 6.90. The predicted molar refractivity (Wildman–Crippen MR) is 114 cm³/mol. The number of amides is 1.